The molecule has 1 amide bonds. The number of aromatic nitrogens is 5. The Hall–Kier alpha value is -4.26. The van der Waals surface area contributed by atoms with E-state index < -0.39 is 17.7 Å². The van der Waals surface area contributed by atoms with Crippen molar-refractivity contribution in [2.45, 2.75) is 19.6 Å². The molecule has 38 heavy (non-hydrogen) atoms. The maximum Gasteiger partial charge on any atom is 0.435 e. The number of rotatable bonds is 6. The Morgan fingerprint density at radius 3 is 2.68 bits per heavy atom. The summed E-state index contributed by atoms with van der Waals surface area (Å²) in [5, 5.41) is 9.81. The first-order valence-electron chi connectivity index (χ1n) is 11.8. The molecule has 0 atom stereocenters. The Kier molecular flexibility index (Phi) is 6.61. The van der Waals surface area contributed by atoms with Crippen LogP contribution in [0, 0.1) is 12.7 Å². The minimum Gasteiger partial charge on any atom is -0.337 e. The van der Waals surface area contributed by atoms with Crippen molar-refractivity contribution >= 4 is 23.1 Å². The van der Waals surface area contributed by atoms with Crippen LogP contribution >= 0.6 is 0 Å². The summed E-state index contributed by atoms with van der Waals surface area (Å²) in [7, 11) is 0. The van der Waals surface area contributed by atoms with E-state index in [0.29, 0.717) is 37.4 Å². The second kappa shape index (κ2) is 9.89. The van der Waals surface area contributed by atoms with Crippen molar-refractivity contribution < 1.29 is 22.4 Å². The molecular weight excluding hydrogens is 504 g/mol. The Balaban J connectivity index is 1.49. The van der Waals surface area contributed by atoms with Crippen LogP contribution in [-0.4, -0.2) is 61.1 Å². The van der Waals surface area contributed by atoms with E-state index in [9.17, 15) is 18.0 Å². The van der Waals surface area contributed by atoms with Gasteiger partial charge in [-0.3, -0.25) is 13.9 Å². The Bertz CT molecular complexity index is 1490. The van der Waals surface area contributed by atoms with Gasteiger partial charge in [-0.25, -0.2) is 14.4 Å². The highest BCUT2D eigenvalue weighted by molar-refractivity contribution is 5.96. The minimum absolute atomic E-state index is 0.00271. The third kappa shape index (κ3) is 4.72. The summed E-state index contributed by atoms with van der Waals surface area (Å²) in [4.78, 5) is 23.0. The summed E-state index contributed by atoms with van der Waals surface area (Å²) in [5.41, 5.74) is -0.0497. The SMILES string of the molecule is C=CCn1cc(-c2cnc3c(Nc4cc(C)c(C(=O)N5CCNCC5)c(F)c4)nccn23)c(C(F)(F)F)n1. The maximum absolute atomic E-state index is 15.1. The summed E-state index contributed by atoms with van der Waals surface area (Å²) in [6, 6.07) is 2.81. The number of nitrogens with zero attached hydrogens (tertiary/aromatic N) is 6. The lowest BCUT2D eigenvalue weighted by atomic mass is 10.1. The van der Waals surface area contributed by atoms with E-state index in [-0.39, 0.29) is 40.7 Å². The number of benzene rings is 1. The van der Waals surface area contributed by atoms with Crippen LogP contribution in [0.1, 0.15) is 21.6 Å². The van der Waals surface area contributed by atoms with E-state index in [1.54, 1.807) is 17.9 Å². The zero-order valence-electron chi connectivity index (χ0n) is 20.4. The number of aryl methyl sites for hydroxylation is 1. The number of carbonyl (C=O) groups excluding carboxylic acids is 1. The van der Waals surface area contributed by atoms with Crippen molar-refractivity contribution in [2.24, 2.45) is 0 Å². The number of allylic oxidation sites excluding steroid dienone is 1. The highest BCUT2D eigenvalue weighted by atomic mass is 19.4. The summed E-state index contributed by atoms with van der Waals surface area (Å²) in [6.07, 6.45) is 2.23. The highest BCUT2D eigenvalue weighted by Crippen LogP contribution is 2.37. The lowest BCUT2D eigenvalue weighted by Crippen LogP contribution is -2.46. The number of amides is 1. The molecule has 0 spiro atoms. The van der Waals surface area contributed by atoms with Crippen LogP contribution in [0.5, 0.6) is 0 Å². The Morgan fingerprint density at radius 2 is 2.00 bits per heavy atom. The molecule has 1 fully saturated rings. The molecule has 1 saturated heterocycles. The number of anilines is 2. The van der Waals surface area contributed by atoms with Crippen molar-refractivity contribution in [1.82, 2.24) is 34.4 Å². The molecular formula is C25H24F4N8O. The third-order valence-corrected chi connectivity index (χ3v) is 6.22. The predicted molar refractivity (Wildman–Crippen MR) is 133 cm³/mol. The van der Waals surface area contributed by atoms with Gasteiger partial charge in [0.1, 0.15) is 5.82 Å². The molecule has 5 rings (SSSR count). The first-order chi connectivity index (χ1) is 18.2. The molecule has 2 N–H and O–H groups in total. The molecule has 0 aliphatic carbocycles. The zero-order valence-corrected chi connectivity index (χ0v) is 20.4. The number of hydrogen-bond donors (Lipinski definition) is 2. The van der Waals surface area contributed by atoms with E-state index in [1.807, 2.05) is 0 Å². The van der Waals surface area contributed by atoms with Crippen LogP contribution in [0.25, 0.3) is 16.9 Å². The molecule has 1 aliphatic rings. The molecule has 1 aromatic carbocycles. The first-order valence-corrected chi connectivity index (χ1v) is 11.8. The minimum atomic E-state index is -4.68. The van der Waals surface area contributed by atoms with Gasteiger partial charge < -0.3 is 15.5 Å². The normalized spacial score (nSPS) is 14.2. The molecule has 13 heteroatoms. The Morgan fingerprint density at radius 1 is 1.24 bits per heavy atom. The first kappa shape index (κ1) is 25.4. The van der Waals surface area contributed by atoms with Gasteiger partial charge in [-0.05, 0) is 24.6 Å². The second-order valence-corrected chi connectivity index (χ2v) is 8.83. The van der Waals surface area contributed by atoms with Gasteiger partial charge in [-0.2, -0.15) is 18.3 Å². The van der Waals surface area contributed by atoms with Crippen molar-refractivity contribution in [3.63, 3.8) is 0 Å². The van der Waals surface area contributed by atoms with Crippen LogP contribution in [0.15, 0.2) is 49.6 Å². The van der Waals surface area contributed by atoms with Gasteiger partial charge in [0.05, 0.1) is 29.6 Å². The number of halogens is 4. The lowest BCUT2D eigenvalue weighted by Gasteiger charge is -2.28. The van der Waals surface area contributed by atoms with Crippen LogP contribution in [-0.2, 0) is 12.7 Å². The monoisotopic (exact) mass is 528 g/mol. The molecule has 3 aromatic heterocycles. The van der Waals surface area contributed by atoms with Crippen LogP contribution in [0.2, 0.25) is 0 Å². The number of fused-ring (bicyclic) bond motifs is 1. The van der Waals surface area contributed by atoms with Crippen LogP contribution in [0.3, 0.4) is 0 Å². The average Bonchev–Trinajstić information content (AvgIpc) is 3.49. The molecule has 9 nitrogen and oxygen atoms in total. The molecule has 0 bridgehead atoms. The van der Waals surface area contributed by atoms with Gasteiger partial charge >= 0.3 is 6.18 Å². The number of nitrogens with one attached hydrogen (secondary N) is 2. The molecule has 198 valence electrons. The van der Waals surface area contributed by atoms with Gasteiger partial charge in [0.25, 0.3) is 5.91 Å². The standard InChI is InChI=1S/C25H24F4N8O/c1-3-7-36-14-17(21(34-36)25(27,28)29)19-13-32-23-22(31-6-10-37(19)23)33-16-11-15(2)20(18(26)12-16)24(38)35-8-4-30-5-9-35/h3,6,10-14,30H,1,4-5,7-9H2,2H3,(H,31,33). The Labute approximate surface area is 214 Å². The molecule has 0 saturated carbocycles. The van der Waals surface area contributed by atoms with Gasteiger partial charge in [0.15, 0.2) is 17.2 Å². The smallest absolute Gasteiger partial charge is 0.337 e. The van der Waals surface area contributed by atoms with Gasteiger partial charge in [0.2, 0.25) is 0 Å². The lowest BCUT2D eigenvalue weighted by molar-refractivity contribution is -0.141. The topological polar surface area (TPSA) is 92.4 Å². The molecule has 4 heterocycles. The zero-order chi connectivity index (χ0) is 27.0. The van der Waals surface area contributed by atoms with E-state index in [2.05, 4.69) is 32.3 Å². The number of imidazole rings is 1. The fourth-order valence-electron chi connectivity index (χ4n) is 4.50. The van der Waals surface area contributed by atoms with Crippen LogP contribution in [0.4, 0.5) is 29.1 Å². The molecule has 0 radical (unpaired) electrons. The highest BCUT2D eigenvalue weighted by Gasteiger charge is 2.38. The quantitative estimate of drug-likeness (QED) is 0.290. The number of hydrogen-bond acceptors (Lipinski definition) is 6. The van der Waals surface area contributed by atoms with E-state index in [4.69, 9.17) is 0 Å². The van der Waals surface area contributed by atoms with E-state index in [0.717, 1.165) is 4.68 Å². The fourth-order valence-corrected chi connectivity index (χ4v) is 4.50. The summed E-state index contributed by atoms with van der Waals surface area (Å²) < 4.78 is 58.9. The number of alkyl halides is 3. The van der Waals surface area contributed by atoms with Crippen molar-refractivity contribution in [3.8, 4) is 11.3 Å². The van der Waals surface area contributed by atoms with E-state index >= 15 is 4.39 Å². The van der Waals surface area contributed by atoms with Gasteiger partial charge in [-0.15, -0.1) is 6.58 Å². The number of carbonyl (C=O) groups is 1. The fraction of sp³-hybridized carbons (Fsp3) is 0.280. The molecule has 1 aliphatic heterocycles. The van der Waals surface area contributed by atoms with Gasteiger partial charge in [0, 0.05) is 50.5 Å². The van der Waals surface area contributed by atoms with Crippen molar-refractivity contribution in [2.75, 3.05) is 31.5 Å². The predicted octanol–water partition coefficient (Wildman–Crippen LogP) is 4.03. The maximum atomic E-state index is 15.1. The number of piperazine rings is 1. The summed E-state index contributed by atoms with van der Waals surface area (Å²) >= 11 is 0. The van der Waals surface area contributed by atoms with Crippen LogP contribution < -0.4 is 10.6 Å². The summed E-state index contributed by atoms with van der Waals surface area (Å²) in [6.45, 7) is 7.57. The largest absolute Gasteiger partial charge is 0.435 e. The molecule has 0 unspecified atom stereocenters. The third-order valence-electron chi connectivity index (χ3n) is 6.22. The van der Waals surface area contributed by atoms with Gasteiger partial charge in [-0.1, -0.05) is 6.08 Å². The van der Waals surface area contributed by atoms with Crippen molar-refractivity contribution in [3.05, 3.63) is 72.2 Å². The van der Waals surface area contributed by atoms with E-state index in [1.165, 1.54) is 41.3 Å². The van der Waals surface area contributed by atoms with Crippen molar-refractivity contribution in [1.29, 1.82) is 0 Å². The molecule has 4 aromatic rings. The average molecular weight is 529 g/mol. The second-order valence-electron chi connectivity index (χ2n) is 8.83. The summed E-state index contributed by atoms with van der Waals surface area (Å²) in [5.74, 6) is -0.856.